The minimum atomic E-state index is -2.80. The number of phenolic OH excluding ortho intramolecular Hbond substituents is 1. The first-order valence-electron chi connectivity index (χ1n) is 15.9. The number of amides is 2. The van der Waals surface area contributed by atoms with E-state index < -0.39 is 76.1 Å². The van der Waals surface area contributed by atoms with Crippen molar-refractivity contribution < 1.29 is 39.0 Å². The summed E-state index contributed by atoms with van der Waals surface area (Å²) in [6, 6.07) is 9.54. The second-order valence-corrected chi connectivity index (χ2v) is 13.8. The Hall–Kier alpha value is -4.46. The molecule has 13 nitrogen and oxygen atoms in total. The second-order valence-electron chi connectivity index (χ2n) is 13.8. The summed E-state index contributed by atoms with van der Waals surface area (Å²) in [4.78, 5) is 86.0. The first-order valence-corrected chi connectivity index (χ1v) is 15.9. The zero-order valence-corrected chi connectivity index (χ0v) is 28.0. The molecule has 7 atom stereocenters. The molecule has 0 saturated heterocycles. The monoisotopic (exact) mass is 661 g/mol. The van der Waals surface area contributed by atoms with Gasteiger partial charge in [-0.1, -0.05) is 30.3 Å². The van der Waals surface area contributed by atoms with E-state index in [4.69, 9.17) is 5.73 Å². The minimum Gasteiger partial charge on any atom is -0.507 e. The zero-order chi connectivity index (χ0) is 35.4. The number of hydrogen-bond acceptors (Lipinski definition) is 11. The molecule has 2 aromatic rings. The highest BCUT2D eigenvalue weighted by Crippen LogP contribution is 2.52. The molecule has 2 amide bonds. The van der Waals surface area contributed by atoms with Gasteiger partial charge in [0.2, 0.25) is 11.8 Å². The number of aromatic hydroxyl groups is 1. The molecule has 5 N–H and O–H groups in total. The number of ketones is 4. The van der Waals surface area contributed by atoms with Gasteiger partial charge in [0.05, 0.1) is 23.6 Å². The van der Waals surface area contributed by atoms with Gasteiger partial charge in [-0.3, -0.25) is 38.6 Å². The predicted molar refractivity (Wildman–Crippen MR) is 175 cm³/mol. The van der Waals surface area contributed by atoms with Crippen molar-refractivity contribution in [3.05, 3.63) is 58.7 Å². The number of aliphatic hydroxyl groups is 1. The molecular formula is C35H43N5O8. The number of primary amides is 1. The van der Waals surface area contributed by atoms with Gasteiger partial charge in [-0.2, -0.15) is 0 Å². The highest BCUT2D eigenvalue weighted by atomic mass is 16.3. The van der Waals surface area contributed by atoms with Crippen molar-refractivity contribution in [2.45, 2.75) is 43.5 Å². The van der Waals surface area contributed by atoms with Crippen LogP contribution in [0.5, 0.6) is 5.75 Å². The van der Waals surface area contributed by atoms with E-state index in [1.807, 2.05) is 30.3 Å². The Morgan fingerprint density at radius 2 is 1.67 bits per heavy atom. The number of benzene rings is 2. The first-order chi connectivity index (χ1) is 22.5. The Bertz CT molecular complexity index is 1690. The fourth-order valence-corrected chi connectivity index (χ4v) is 7.89. The second kappa shape index (κ2) is 12.9. The van der Waals surface area contributed by atoms with Gasteiger partial charge in [-0.05, 0) is 70.6 Å². The summed E-state index contributed by atoms with van der Waals surface area (Å²) in [7, 11) is 10.2. The maximum absolute atomic E-state index is 14.3. The molecule has 0 heterocycles. The predicted octanol–water partition coefficient (Wildman–Crippen LogP) is -0.278. The largest absolute Gasteiger partial charge is 0.507 e. The van der Waals surface area contributed by atoms with Gasteiger partial charge in [0.15, 0.2) is 34.7 Å². The fraction of sp³-hybridized carbons (Fsp3) is 0.486. The van der Waals surface area contributed by atoms with Gasteiger partial charge in [-0.25, -0.2) is 0 Å². The molecule has 2 aromatic carbocycles. The zero-order valence-electron chi connectivity index (χ0n) is 28.0. The van der Waals surface area contributed by atoms with Crippen LogP contribution < -0.4 is 16.0 Å². The third-order valence-electron chi connectivity index (χ3n) is 10.2. The highest BCUT2D eigenvalue weighted by Gasteiger charge is 2.69. The van der Waals surface area contributed by atoms with E-state index in [1.54, 1.807) is 58.2 Å². The standard InChI is InChI=1S/C35H43N5O8/c1-38(2)22-15-19(16-37-34(47)23(39(3)4)12-17-10-8-7-9-11-17)28(41)25-20(22)13-18-14-21-27(40(5)6)30(43)26(33(36)46)32(45)35(21,48)31(44)24(18)29(25)42/h7-11,15,18,21,23-24,26-27,41,48H,12-14,16H2,1-6H3,(H2,36,46)(H,37,47)/t18-,21-,23?,24?,26?,27-,35-/m1/s1. The summed E-state index contributed by atoms with van der Waals surface area (Å²) in [6.07, 6.45) is 0.546. The van der Waals surface area contributed by atoms with Gasteiger partial charge in [0.25, 0.3) is 0 Å². The molecule has 0 radical (unpaired) electrons. The van der Waals surface area contributed by atoms with Gasteiger partial charge >= 0.3 is 0 Å². The Morgan fingerprint density at radius 3 is 2.23 bits per heavy atom. The molecule has 48 heavy (non-hydrogen) atoms. The molecule has 3 unspecified atom stereocenters. The average Bonchev–Trinajstić information content (AvgIpc) is 3.01. The Morgan fingerprint density at radius 1 is 1.02 bits per heavy atom. The van der Waals surface area contributed by atoms with Crippen LogP contribution in [0.1, 0.15) is 33.5 Å². The quantitative estimate of drug-likeness (QED) is 0.259. The number of nitrogens with one attached hydrogen (secondary N) is 1. The van der Waals surface area contributed by atoms with Crippen LogP contribution in [0, 0.1) is 23.7 Å². The topological polar surface area (TPSA) is 191 Å². The van der Waals surface area contributed by atoms with Crippen LogP contribution in [0.25, 0.3) is 0 Å². The van der Waals surface area contributed by atoms with Crippen molar-refractivity contribution in [1.29, 1.82) is 0 Å². The molecule has 3 aliphatic carbocycles. The van der Waals surface area contributed by atoms with Crippen LogP contribution in [0.3, 0.4) is 0 Å². The number of rotatable bonds is 9. The molecule has 0 aromatic heterocycles. The summed E-state index contributed by atoms with van der Waals surface area (Å²) in [6.45, 7) is -0.120. The Balaban J connectivity index is 1.51. The van der Waals surface area contributed by atoms with E-state index in [-0.39, 0.29) is 36.4 Å². The summed E-state index contributed by atoms with van der Waals surface area (Å²) in [5.41, 5.74) is 4.77. The SMILES string of the molecule is CN(C)c1cc(CNC(=O)C(Cc2ccccc2)N(C)C)c(O)c2c1C[C@@H]1C[C@@H]3[C@@H](N(C)C)C(=O)C(C(N)=O)C(=O)[C@]3(O)C(=O)C1C2=O. The fourth-order valence-electron chi connectivity index (χ4n) is 7.89. The van der Waals surface area contributed by atoms with Crippen molar-refractivity contribution >= 4 is 40.6 Å². The smallest absolute Gasteiger partial charge is 0.237 e. The van der Waals surface area contributed by atoms with E-state index >= 15 is 0 Å². The number of anilines is 1. The van der Waals surface area contributed by atoms with Crippen LogP contribution in [-0.4, -0.2) is 115 Å². The van der Waals surface area contributed by atoms with E-state index in [0.29, 0.717) is 17.7 Å². The molecule has 2 saturated carbocycles. The van der Waals surface area contributed by atoms with Gasteiger partial charge in [-0.15, -0.1) is 0 Å². The third-order valence-corrected chi connectivity index (χ3v) is 10.2. The summed E-state index contributed by atoms with van der Waals surface area (Å²) < 4.78 is 0. The van der Waals surface area contributed by atoms with Crippen molar-refractivity contribution in [3.8, 4) is 5.75 Å². The molecule has 5 rings (SSSR count). The lowest BCUT2D eigenvalue weighted by Crippen LogP contribution is -2.74. The molecule has 2 fully saturated rings. The molecule has 0 aliphatic heterocycles. The molecule has 3 aliphatic rings. The van der Waals surface area contributed by atoms with Crippen LogP contribution in [-0.2, 0) is 43.4 Å². The number of phenols is 1. The lowest BCUT2D eigenvalue weighted by atomic mass is 9.52. The number of likely N-dealkylation sites (N-methyl/N-ethyl adjacent to an activating group) is 2. The number of fused-ring (bicyclic) bond motifs is 3. The summed E-state index contributed by atoms with van der Waals surface area (Å²) >= 11 is 0. The number of hydrogen-bond donors (Lipinski definition) is 4. The number of Topliss-reactive ketones (excluding diaryl/α,β-unsaturated/α-hetero) is 4. The van der Waals surface area contributed by atoms with Crippen LogP contribution in [0.2, 0.25) is 0 Å². The van der Waals surface area contributed by atoms with Crippen LogP contribution >= 0.6 is 0 Å². The number of nitrogens with two attached hydrogens (primary N) is 1. The third kappa shape index (κ3) is 5.59. The van der Waals surface area contributed by atoms with E-state index in [0.717, 1.165) is 5.56 Å². The maximum atomic E-state index is 14.3. The van der Waals surface area contributed by atoms with Crippen LogP contribution in [0.15, 0.2) is 36.4 Å². The highest BCUT2D eigenvalue weighted by molar-refractivity contribution is 6.32. The van der Waals surface area contributed by atoms with Gasteiger partial charge in [0.1, 0.15) is 5.75 Å². The lowest BCUT2D eigenvalue weighted by Gasteiger charge is -2.52. The Kier molecular flexibility index (Phi) is 9.34. The Labute approximate surface area is 279 Å². The normalized spacial score (nSPS) is 27.3. The van der Waals surface area contributed by atoms with Crippen molar-refractivity contribution in [3.63, 3.8) is 0 Å². The molecule has 0 spiro atoms. The summed E-state index contributed by atoms with van der Waals surface area (Å²) in [5, 5.41) is 26.3. The van der Waals surface area contributed by atoms with Gasteiger partial charge in [0, 0.05) is 37.8 Å². The van der Waals surface area contributed by atoms with Crippen LogP contribution in [0.4, 0.5) is 5.69 Å². The van der Waals surface area contributed by atoms with E-state index in [9.17, 15) is 39.0 Å². The first kappa shape index (κ1) is 34.9. The molecular weight excluding hydrogens is 618 g/mol. The minimum absolute atomic E-state index is 0.0390. The van der Waals surface area contributed by atoms with Crippen molar-refractivity contribution in [2.75, 3.05) is 47.2 Å². The van der Waals surface area contributed by atoms with Crippen molar-refractivity contribution in [1.82, 2.24) is 15.1 Å². The molecule has 256 valence electrons. The number of carbonyl (C=O) groups excluding carboxylic acids is 6. The lowest BCUT2D eigenvalue weighted by molar-refractivity contribution is -0.181. The maximum Gasteiger partial charge on any atom is 0.237 e. The molecule has 0 bridgehead atoms. The van der Waals surface area contributed by atoms with Crippen molar-refractivity contribution in [2.24, 2.45) is 29.4 Å². The van der Waals surface area contributed by atoms with Gasteiger partial charge < -0.3 is 26.2 Å². The number of nitrogens with zero attached hydrogens (tertiary/aromatic N) is 3. The average molecular weight is 662 g/mol. The van der Waals surface area contributed by atoms with E-state index in [2.05, 4.69) is 5.32 Å². The van der Waals surface area contributed by atoms with E-state index in [1.165, 1.54) is 4.90 Å². The number of carbonyl (C=O) groups is 6. The molecule has 13 heteroatoms. The summed E-state index contributed by atoms with van der Waals surface area (Å²) in [5.74, 6) is -11.4.